The van der Waals surface area contributed by atoms with Gasteiger partial charge in [-0.15, -0.1) is 24.8 Å². The topological polar surface area (TPSA) is 0 Å². The van der Waals surface area contributed by atoms with Crippen LogP contribution in [0.15, 0.2) is 78.9 Å². The first-order chi connectivity index (χ1) is 22.8. The molecule has 0 saturated carbocycles. The first kappa shape index (κ1) is 41.1. The number of hydrogen-bond donors (Lipinski definition) is 0. The molecule has 0 bridgehead atoms. The number of hydrogen-bond acceptors (Lipinski definition) is 0. The van der Waals surface area contributed by atoms with E-state index in [0.717, 1.165) is 12.8 Å². The van der Waals surface area contributed by atoms with Crippen LogP contribution in [0.3, 0.4) is 0 Å². The summed E-state index contributed by atoms with van der Waals surface area (Å²) in [5, 5.41) is 0. The van der Waals surface area contributed by atoms with Crippen molar-refractivity contribution < 1.29 is 18.3 Å². The molecule has 7 rings (SSSR count). The van der Waals surface area contributed by atoms with E-state index in [-0.39, 0.29) is 51.9 Å². The van der Waals surface area contributed by atoms with Crippen LogP contribution < -0.4 is 3.27 Å². The molecule has 4 aliphatic rings. The molecule has 3 aromatic rings. The molecule has 0 amide bonds. The van der Waals surface area contributed by atoms with Gasteiger partial charge in [-0.2, -0.15) is 0 Å². The zero-order valence-corrected chi connectivity index (χ0v) is 38.9. The van der Waals surface area contributed by atoms with E-state index in [1.807, 2.05) is 0 Å². The molecule has 0 nitrogen and oxygen atoms in total. The third-order valence-electron chi connectivity index (χ3n) is 13.1. The van der Waals surface area contributed by atoms with Crippen molar-refractivity contribution in [1.82, 2.24) is 0 Å². The van der Waals surface area contributed by atoms with Crippen LogP contribution in [0.25, 0.3) is 22.3 Å². The predicted octanol–water partition coefficient (Wildman–Crippen LogP) is 13.9. The van der Waals surface area contributed by atoms with Gasteiger partial charge in [0.2, 0.25) is 0 Å². The van der Waals surface area contributed by atoms with E-state index in [1.54, 1.807) is 12.1 Å². The molecule has 0 aliphatic heterocycles. The number of benzene rings is 3. The van der Waals surface area contributed by atoms with Crippen LogP contribution >= 0.6 is 24.8 Å². The summed E-state index contributed by atoms with van der Waals surface area (Å²) in [7, 11) is 0. The minimum atomic E-state index is -4.47. The van der Waals surface area contributed by atoms with Crippen molar-refractivity contribution in [3.05, 3.63) is 118 Å². The molecule has 0 radical (unpaired) electrons. The van der Waals surface area contributed by atoms with Crippen LogP contribution in [-0.4, -0.2) is 4.21 Å². The van der Waals surface area contributed by atoms with Crippen molar-refractivity contribution in [3.8, 4) is 11.1 Å². The zero-order valence-electron chi connectivity index (χ0n) is 34.8. The van der Waals surface area contributed by atoms with E-state index in [9.17, 15) is 0 Å². The predicted molar refractivity (Wildman–Crippen MR) is 233 cm³/mol. The maximum atomic E-state index is 5.67. The molecule has 278 valence electrons. The van der Waals surface area contributed by atoms with E-state index in [0.29, 0.717) is 0 Å². The Hall–Kier alpha value is -2.05. The van der Waals surface area contributed by atoms with E-state index < -0.39 is 18.3 Å². The Bertz CT molecular complexity index is 2210. The molecule has 0 N–H and O–H groups in total. The summed E-state index contributed by atoms with van der Waals surface area (Å²) in [4.78, 5) is 0. The Kier molecular flexibility index (Phi) is 9.67. The van der Waals surface area contributed by atoms with Crippen molar-refractivity contribution in [1.29, 1.82) is 0 Å². The van der Waals surface area contributed by atoms with Gasteiger partial charge in [0.1, 0.15) is 0 Å². The van der Waals surface area contributed by atoms with Crippen LogP contribution in [0.5, 0.6) is 0 Å². The Morgan fingerprint density at radius 2 is 1.21 bits per heavy atom. The van der Waals surface area contributed by atoms with Crippen LogP contribution in [0.4, 0.5) is 0 Å². The van der Waals surface area contributed by atoms with Crippen LogP contribution in [0, 0.1) is 23.2 Å². The fourth-order valence-electron chi connectivity index (χ4n) is 10.5. The van der Waals surface area contributed by atoms with E-state index in [4.69, 9.17) is 4.21 Å². The summed E-state index contributed by atoms with van der Waals surface area (Å²) in [6.07, 6.45) is 9.67. The average molecular weight is 815 g/mol. The first-order valence-corrected chi connectivity index (χ1v) is 27.0. The van der Waals surface area contributed by atoms with Crippen molar-refractivity contribution in [2.24, 2.45) is 16.2 Å². The van der Waals surface area contributed by atoms with Crippen LogP contribution in [0.1, 0.15) is 135 Å². The molecule has 0 fully saturated rings. The summed E-state index contributed by atoms with van der Waals surface area (Å²) in [5.41, 5.74) is 17.7. The molecule has 52 heavy (non-hydrogen) atoms. The molecule has 0 unspecified atom stereocenters. The number of aryl methyl sites for hydroxylation is 1. The molecule has 3 heteroatoms. The van der Waals surface area contributed by atoms with Gasteiger partial charge in [0, 0.05) is 0 Å². The Labute approximate surface area is 329 Å². The van der Waals surface area contributed by atoms with Gasteiger partial charge in [0.25, 0.3) is 0 Å². The number of halogens is 2. The van der Waals surface area contributed by atoms with E-state index in [2.05, 4.69) is 168 Å². The zero-order chi connectivity index (χ0) is 36.8. The van der Waals surface area contributed by atoms with Gasteiger partial charge in [-0.1, -0.05) is 0 Å². The molecular formula is C49H64Cl2Zr. The summed E-state index contributed by atoms with van der Waals surface area (Å²) in [6, 6.07) is 20.0. The van der Waals surface area contributed by atoms with Gasteiger partial charge < -0.3 is 0 Å². The standard InChI is InChI=1S/C31H37.C9H13.C7H7.CH3.CH2.2ClH.Zr/c1-28(2,3)26-16-30(7,8)24-12-18-11-19-13-25-23(15-21(19)20(18)14-22(24)26)27(29(4,5)6)17-31(25,9)10;1-9(2,3)8-6-4-5-7-8;1-7-5-3-2-4-6-7;;;;;/h12-16H,11H2,1-10H3;6-7H,4H2,1-3H3;3-6H,1H3;1H3;1H2;2*1H;. The second-order valence-electron chi connectivity index (χ2n) is 21.1. The average Bonchev–Trinajstić information content (AvgIpc) is 3.72. The summed E-state index contributed by atoms with van der Waals surface area (Å²) >= 11 is -4.47. The fraction of sp³-hybridized carbons (Fsp3) is 0.449. The van der Waals surface area contributed by atoms with Crippen molar-refractivity contribution in [2.75, 3.05) is 0 Å². The second kappa shape index (κ2) is 12.2. The second-order valence-corrected chi connectivity index (χ2v) is 35.2. The number of allylic oxidation sites excluding steroid dienone is 8. The number of fused-ring (bicyclic) bond motifs is 5. The molecule has 0 saturated heterocycles. The van der Waals surface area contributed by atoms with Crippen molar-refractivity contribution in [3.63, 3.8) is 0 Å². The van der Waals surface area contributed by atoms with E-state index in [1.165, 1.54) is 64.5 Å². The SMILES string of the molecule is Cl.Cl.[CH2]=[Zr]([CH3])([C]1=CC(C(C)(C)C)=CC1)([C]1=C(C(C)(C)C)c2cc3c(cc2C1(C)C)Cc1cc2c(cc1-3)C(C(C)(C)C)=CC2(C)C)[c]1ccc(C)cc1. The molecular weight excluding hydrogens is 751 g/mol. The Morgan fingerprint density at radius 3 is 1.71 bits per heavy atom. The Balaban J connectivity index is 0.00000261. The molecule has 0 atom stereocenters. The van der Waals surface area contributed by atoms with Crippen LogP contribution in [0.2, 0.25) is 4.63 Å². The normalized spacial score (nSPS) is 18.8. The third-order valence-corrected chi connectivity index (χ3v) is 28.4. The molecule has 4 aliphatic carbocycles. The van der Waals surface area contributed by atoms with Gasteiger partial charge >= 0.3 is 307 Å². The minimum absolute atomic E-state index is 0. The van der Waals surface area contributed by atoms with Crippen LogP contribution in [-0.2, 0) is 35.5 Å². The van der Waals surface area contributed by atoms with Gasteiger partial charge in [0.05, 0.1) is 0 Å². The van der Waals surface area contributed by atoms with Crippen molar-refractivity contribution >= 4 is 43.4 Å². The van der Waals surface area contributed by atoms with E-state index >= 15 is 0 Å². The van der Waals surface area contributed by atoms with Gasteiger partial charge in [0.15, 0.2) is 0 Å². The molecule has 0 spiro atoms. The fourth-order valence-corrected chi connectivity index (χ4v) is 25.9. The Morgan fingerprint density at radius 1 is 0.673 bits per heavy atom. The number of rotatable bonds is 3. The molecule has 0 aromatic heterocycles. The summed E-state index contributed by atoms with van der Waals surface area (Å²) < 4.78 is 13.1. The van der Waals surface area contributed by atoms with Crippen molar-refractivity contribution in [2.45, 2.75) is 125 Å². The summed E-state index contributed by atoms with van der Waals surface area (Å²) in [5.74, 6) is 0. The quantitative estimate of drug-likeness (QED) is 0.193. The maximum absolute atomic E-state index is 5.67. The monoisotopic (exact) mass is 812 g/mol. The van der Waals surface area contributed by atoms with Gasteiger partial charge in [-0.3, -0.25) is 0 Å². The first-order valence-electron chi connectivity index (χ1n) is 19.1. The third kappa shape index (κ3) is 5.89. The molecule has 0 heterocycles. The summed E-state index contributed by atoms with van der Waals surface area (Å²) in [6.45, 7) is 33.6. The molecule has 3 aromatic carbocycles. The van der Waals surface area contributed by atoms with Gasteiger partial charge in [-0.25, -0.2) is 0 Å². The van der Waals surface area contributed by atoms with Gasteiger partial charge in [-0.05, 0) is 0 Å².